The van der Waals surface area contributed by atoms with Crippen molar-refractivity contribution in [2.24, 2.45) is 0 Å². The van der Waals surface area contributed by atoms with Gasteiger partial charge in [-0.2, -0.15) is 0 Å². The molecule has 10 heteroatoms. The lowest BCUT2D eigenvalue weighted by atomic mass is 10.0. The molecule has 182 valence electrons. The Morgan fingerprint density at radius 1 is 1.03 bits per heavy atom. The van der Waals surface area contributed by atoms with Gasteiger partial charge in [0.15, 0.2) is 0 Å². The molecule has 0 unspecified atom stereocenters. The molecular formula is C24H27F3N4O3. The van der Waals surface area contributed by atoms with Crippen LogP contribution in [-0.2, 0) is 16.0 Å². The molecule has 0 radical (unpaired) electrons. The average Bonchev–Trinajstić information content (AvgIpc) is 3.44. The van der Waals surface area contributed by atoms with Crippen LogP contribution in [0.5, 0.6) is 5.75 Å². The van der Waals surface area contributed by atoms with Crippen LogP contribution in [0.25, 0.3) is 0 Å². The van der Waals surface area contributed by atoms with Gasteiger partial charge >= 0.3 is 18.2 Å². The van der Waals surface area contributed by atoms with Crippen molar-refractivity contribution >= 4 is 23.2 Å². The van der Waals surface area contributed by atoms with Gasteiger partial charge in [0.1, 0.15) is 5.75 Å². The Hall–Kier alpha value is -3.27. The molecule has 34 heavy (non-hydrogen) atoms. The van der Waals surface area contributed by atoms with Gasteiger partial charge in [0.2, 0.25) is 0 Å². The summed E-state index contributed by atoms with van der Waals surface area (Å²) in [7, 11) is 2.07. The van der Waals surface area contributed by atoms with E-state index in [2.05, 4.69) is 50.4 Å². The van der Waals surface area contributed by atoms with Crippen molar-refractivity contribution in [1.29, 1.82) is 0 Å². The van der Waals surface area contributed by atoms with Gasteiger partial charge < -0.3 is 20.3 Å². The number of anilines is 2. The first-order valence-electron chi connectivity index (χ1n) is 11.2. The number of likely N-dealkylation sites (N-methyl/N-ethyl adjacent to an activating group) is 1. The third-order valence-electron chi connectivity index (χ3n) is 6.21. The number of fused-ring (bicyclic) bond motifs is 1. The normalized spacial score (nSPS) is 16.8. The molecule has 0 spiro atoms. The summed E-state index contributed by atoms with van der Waals surface area (Å²) >= 11 is 0. The van der Waals surface area contributed by atoms with E-state index in [9.17, 15) is 22.8 Å². The number of nitrogens with one attached hydrogen (secondary N) is 2. The number of amides is 2. The van der Waals surface area contributed by atoms with Crippen LogP contribution in [0.3, 0.4) is 0 Å². The fourth-order valence-electron chi connectivity index (χ4n) is 4.50. The first kappa shape index (κ1) is 23.9. The van der Waals surface area contributed by atoms with E-state index in [1.807, 2.05) is 0 Å². The predicted molar refractivity (Wildman–Crippen MR) is 122 cm³/mol. The first-order chi connectivity index (χ1) is 16.2. The molecule has 2 aromatic carbocycles. The van der Waals surface area contributed by atoms with Crippen LogP contribution >= 0.6 is 0 Å². The van der Waals surface area contributed by atoms with Gasteiger partial charge in [-0.3, -0.25) is 14.5 Å². The second kappa shape index (κ2) is 9.92. The zero-order valence-corrected chi connectivity index (χ0v) is 18.8. The molecule has 4 rings (SSSR count). The Morgan fingerprint density at radius 3 is 2.41 bits per heavy atom. The molecule has 0 bridgehead atoms. The van der Waals surface area contributed by atoms with Gasteiger partial charge in [-0.1, -0.05) is 12.1 Å². The SMILES string of the molecule is CN1CCc2cc([C@@H](CNC(=O)C(=O)Nc3ccc(OC(F)(F)F)cc3)N3CCCC3)ccc21. The zero-order valence-electron chi connectivity index (χ0n) is 18.8. The summed E-state index contributed by atoms with van der Waals surface area (Å²) in [6.07, 6.45) is -1.64. The largest absolute Gasteiger partial charge is 0.573 e. The molecule has 0 aliphatic carbocycles. The fraction of sp³-hybridized carbons (Fsp3) is 0.417. The minimum atomic E-state index is -4.80. The second-order valence-corrected chi connectivity index (χ2v) is 8.55. The molecule has 7 nitrogen and oxygen atoms in total. The van der Waals surface area contributed by atoms with Crippen LogP contribution in [0.4, 0.5) is 24.5 Å². The molecule has 1 atom stereocenters. The third-order valence-corrected chi connectivity index (χ3v) is 6.21. The van der Waals surface area contributed by atoms with Gasteiger partial charge in [-0.25, -0.2) is 0 Å². The van der Waals surface area contributed by atoms with E-state index < -0.39 is 23.9 Å². The van der Waals surface area contributed by atoms with E-state index >= 15 is 0 Å². The maximum absolute atomic E-state index is 12.5. The molecule has 2 aliphatic rings. The minimum absolute atomic E-state index is 0.0470. The van der Waals surface area contributed by atoms with Crippen LogP contribution < -0.4 is 20.3 Å². The molecular weight excluding hydrogens is 449 g/mol. The molecule has 0 aromatic heterocycles. The van der Waals surface area contributed by atoms with E-state index in [4.69, 9.17) is 0 Å². The predicted octanol–water partition coefficient (Wildman–Crippen LogP) is 3.47. The number of alkyl halides is 3. The topological polar surface area (TPSA) is 73.9 Å². The number of hydrogen-bond acceptors (Lipinski definition) is 5. The van der Waals surface area contributed by atoms with Crippen molar-refractivity contribution in [1.82, 2.24) is 10.2 Å². The van der Waals surface area contributed by atoms with E-state index in [-0.39, 0.29) is 18.3 Å². The number of ether oxygens (including phenoxy) is 1. The Kier molecular flexibility index (Phi) is 6.97. The summed E-state index contributed by atoms with van der Waals surface area (Å²) in [5.74, 6) is -2.11. The number of likely N-dealkylation sites (tertiary alicyclic amines) is 1. The van der Waals surface area contributed by atoms with Gasteiger partial charge in [-0.15, -0.1) is 13.2 Å². The summed E-state index contributed by atoms with van der Waals surface area (Å²) in [6, 6.07) is 10.9. The van der Waals surface area contributed by atoms with Crippen LogP contribution in [0, 0.1) is 0 Å². The summed E-state index contributed by atoms with van der Waals surface area (Å²) in [5, 5.41) is 5.12. The number of rotatable bonds is 6. The lowest BCUT2D eigenvalue weighted by Crippen LogP contribution is -2.41. The number of nitrogens with zero attached hydrogens (tertiary/aromatic N) is 2. The number of halogens is 3. The van der Waals surface area contributed by atoms with Crippen molar-refractivity contribution in [3.8, 4) is 5.75 Å². The summed E-state index contributed by atoms with van der Waals surface area (Å²) in [6.45, 7) is 3.11. The molecule has 1 fully saturated rings. The quantitative estimate of drug-likeness (QED) is 0.625. The minimum Gasteiger partial charge on any atom is -0.406 e. The smallest absolute Gasteiger partial charge is 0.406 e. The van der Waals surface area contributed by atoms with Crippen molar-refractivity contribution in [3.63, 3.8) is 0 Å². The lowest BCUT2D eigenvalue weighted by Gasteiger charge is -2.28. The molecule has 2 amide bonds. The van der Waals surface area contributed by atoms with E-state index in [1.165, 1.54) is 23.4 Å². The maximum atomic E-state index is 12.5. The lowest BCUT2D eigenvalue weighted by molar-refractivity contribution is -0.274. The Labute approximate surface area is 195 Å². The van der Waals surface area contributed by atoms with Gasteiger partial charge in [0, 0.05) is 31.5 Å². The molecule has 2 heterocycles. The fourth-order valence-corrected chi connectivity index (χ4v) is 4.50. The number of carbonyl (C=O) groups is 2. The highest BCUT2D eigenvalue weighted by Crippen LogP contribution is 2.32. The summed E-state index contributed by atoms with van der Waals surface area (Å²) < 4.78 is 40.6. The Morgan fingerprint density at radius 2 is 1.74 bits per heavy atom. The van der Waals surface area contributed by atoms with Crippen molar-refractivity contribution in [3.05, 3.63) is 53.6 Å². The standard InChI is InChI=1S/C24H27F3N4O3/c1-30-13-10-17-14-16(4-9-20(17)30)21(31-11-2-3-12-31)15-28-22(32)23(33)29-18-5-7-19(8-6-18)34-24(25,26)27/h4-9,14,21H,2-3,10-13,15H2,1H3,(H,28,32)(H,29,33)/t21-/m1/s1. The second-order valence-electron chi connectivity index (χ2n) is 8.55. The monoisotopic (exact) mass is 476 g/mol. The Bertz CT molecular complexity index is 1040. The van der Waals surface area contributed by atoms with Crippen molar-refractivity contribution in [2.45, 2.75) is 31.7 Å². The molecule has 1 saturated heterocycles. The van der Waals surface area contributed by atoms with Gasteiger partial charge in [-0.05, 0) is 73.8 Å². The summed E-state index contributed by atoms with van der Waals surface area (Å²) in [4.78, 5) is 29.3. The van der Waals surface area contributed by atoms with Crippen molar-refractivity contribution < 1.29 is 27.5 Å². The van der Waals surface area contributed by atoms with Crippen LogP contribution in [0.1, 0.15) is 30.0 Å². The number of hydrogen-bond donors (Lipinski definition) is 2. The van der Waals surface area contributed by atoms with Gasteiger partial charge in [0.25, 0.3) is 0 Å². The third kappa shape index (κ3) is 5.80. The average molecular weight is 476 g/mol. The number of benzene rings is 2. The van der Waals surface area contributed by atoms with E-state index in [1.54, 1.807) is 0 Å². The molecule has 0 saturated carbocycles. The molecule has 2 aromatic rings. The maximum Gasteiger partial charge on any atom is 0.573 e. The zero-order chi connectivity index (χ0) is 24.3. The van der Waals surface area contributed by atoms with Crippen LogP contribution in [-0.4, -0.2) is 56.3 Å². The highest BCUT2D eigenvalue weighted by Gasteiger charge is 2.31. The molecule has 2 N–H and O–H groups in total. The highest BCUT2D eigenvalue weighted by molar-refractivity contribution is 6.39. The van der Waals surface area contributed by atoms with Crippen LogP contribution in [0.2, 0.25) is 0 Å². The summed E-state index contributed by atoms with van der Waals surface area (Å²) in [5.41, 5.74) is 3.80. The Balaban J connectivity index is 1.37. The van der Waals surface area contributed by atoms with Crippen molar-refractivity contribution in [2.75, 3.05) is 43.4 Å². The van der Waals surface area contributed by atoms with Gasteiger partial charge in [0.05, 0.1) is 6.04 Å². The van der Waals surface area contributed by atoms with E-state index in [0.717, 1.165) is 56.6 Å². The molecule has 2 aliphatic heterocycles. The van der Waals surface area contributed by atoms with E-state index in [0.29, 0.717) is 0 Å². The number of carbonyl (C=O) groups excluding carboxylic acids is 2. The highest BCUT2D eigenvalue weighted by atomic mass is 19.4. The first-order valence-corrected chi connectivity index (χ1v) is 11.2. The van der Waals surface area contributed by atoms with Crippen LogP contribution in [0.15, 0.2) is 42.5 Å².